The molecule has 3 N–H and O–H groups in total. The normalized spacial score (nSPS) is 23.1. The highest BCUT2D eigenvalue weighted by molar-refractivity contribution is 7.99. The van der Waals surface area contributed by atoms with E-state index in [4.69, 9.17) is 5.73 Å². The molecule has 2 atom stereocenters. The van der Waals surface area contributed by atoms with Crippen molar-refractivity contribution in [2.45, 2.75) is 39.7 Å². The fourth-order valence-corrected chi connectivity index (χ4v) is 2.87. The lowest BCUT2D eigenvalue weighted by atomic mass is 9.85. The van der Waals surface area contributed by atoms with Crippen molar-refractivity contribution < 1.29 is 4.79 Å². The first-order valence-electron chi connectivity index (χ1n) is 5.99. The van der Waals surface area contributed by atoms with Gasteiger partial charge in [-0.2, -0.15) is 11.8 Å². The lowest BCUT2D eigenvalue weighted by molar-refractivity contribution is -0.122. The van der Waals surface area contributed by atoms with Gasteiger partial charge in [0.15, 0.2) is 0 Å². The number of carbonyl (C=O) groups excluding carboxylic acids is 1. The Morgan fingerprint density at radius 1 is 1.56 bits per heavy atom. The van der Waals surface area contributed by atoms with Crippen LogP contribution in [0, 0.1) is 11.3 Å². The second kappa shape index (κ2) is 5.92. The first-order valence-corrected chi connectivity index (χ1v) is 7.15. The highest BCUT2D eigenvalue weighted by Crippen LogP contribution is 2.23. The molecule has 1 heterocycles. The van der Waals surface area contributed by atoms with Gasteiger partial charge in [0.05, 0.1) is 0 Å². The maximum absolute atomic E-state index is 11.7. The molecule has 1 saturated heterocycles. The molecule has 0 saturated carbocycles. The predicted octanol–water partition coefficient (Wildman–Crippen LogP) is 1.62. The van der Waals surface area contributed by atoms with Crippen molar-refractivity contribution >= 4 is 17.7 Å². The minimum Gasteiger partial charge on any atom is -0.356 e. The van der Waals surface area contributed by atoms with Crippen molar-refractivity contribution in [3.05, 3.63) is 0 Å². The maximum atomic E-state index is 11.7. The van der Waals surface area contributed by atoms with E-state index in [9.17, 15) is 4.79 Å². The van der Waals surface area contributed by atoms with E-state index in [1.807, 2.05) is 11.8 Å². The fraction of sp³-hybridized carbons (Fsp3) is 0.917. The van der Waals surface area contributed by atoms with E-state index in [-0.39, 0.29) is 17.4 Å². The molecule has 0 spiro atoms. The summed E-state index contributed by atoms with van der Waals surface area (Å²) >= 11 is 1.98. The Morgan fingerprint density at radius 2 is 2.25 bits per heavy atom. The Kier molecular flexibility index (Phi) is 5.12. The summed E-state index contributed by atoms with van der Waals surface area (Å²) in [7, 11) is 0. The second-order valence-corrected chi connectivity index (χ2v) is 6.86. The average Bonchev–Trinajstić information content (AvgIpc) is 2.65. The summed E-state index contributed by atoms with van der Waals surface area (Å²) in [5.41, 5.74) is 5.97. The Labute approximate surface area is 103 Å². The van der Waals surface area contributed by atoms with Crippen LogP contribution in [-0.4, -0.2) is 30.0 Å². The molecule has 0 aromatic carbocycles. The Hall–Kier alpha value is -0.220. The van der Waals surface area contributed by atoms with Crippen LogP contribution < -0.4 is 11.1 Å². The molecule has 1 aliphatic rings. The van der Waals surface area contributed by atoms with Crippen molar-refractivity contribution in [2.75, 3.05) is 18.1 Å². The number of hydrogen-bond donors (Lipinski definition) is 2. The molecular formula is C12H24N2OS. The molecule has 0 aliphatic carbocycles. The number of hydrogen-bond acceptors (Lipinski definition) is 3. The Balaban J connectivity index is 2.20. The zero-order chi connectivity index (χ0) is 12.2. The third-order valence-electron chi connectivity index (χ3n) is 3.13. The van der Waals surface area contributed by atoms with Crippen LogP contribution in [0.15, 0.2) is 0 Å². The third kappa shape index (κ3) is 4.74. The molecule has 94 valence electrons. The van der Waals surface area contributed by atoms with Crippen LogP contribution in [0.5, 0.6) is 0 Å². The minimum absolute atomic E-state index is 0.000546. The zero-order valence-electron chi connectivity index (χ0n) is 10.6. The molecule has 1 fully saturated rings. The quantitative estimate of drug-likeness (QED) is 0.790. The van der Waals surface area contributed by atoms with Crippen molar-refractivity contribution in [1.29, 1.82) is 0 Å². The fourth-order valence-electron chi connectivity index (χ4n) is 1.58. The van der Waals surface area contributed by atoms with Crippen molar-refractivity contribution in [2.24, 2.45) is 17.1 Å². The van der Waals surface area contributed by atoms with E-state index in [1.165, 1.54) is 17.9 Å². The number of carbonyl (C=O) groups is 1. The number of thioether (sulfide) groups is 1. The highest BCUT2D eigenvalue weighted by atomic mass is 32.2. The van der Waals surface area contributed by atoms with Gasteiger partial charge in [0.25, 0.3) is 0 Å². The van der Waals surface area contributed by atoms with Gasteiger partial charge in [-0.1, -0.05) is 20.8 Å². The lowest BCUT2D eigenvalue weighted by Gasteiger charge is -2.26. The van der Waals surface area contributed by atoms with Crippen LogP contribution in [0.25, 0.3) is 0 Å². The number of nitrogens with one attached hydrogen (secondary N) is 1. The molecule has 4 heteroatoms. The minimum atomic E-state index is -0.0644. The smallest absolute Gasteiger partial charge is 0.221 e. The van der Waals surface area contributed by atoms with Gasteiger partial charge in [0.2, 0.25) is 5.91 Å². The summed E-state index contributed by atoms with van der Waals surface area (Å²) in [5.74, 6) is 3.19. The van der Waals surface area contributed by atoms with E-state index in [0.29, 0.717) is 12.3 Å². The van der Waals surface area contributed by atoms with E-state index < -0.39 is 0 Å². The summed E-state index contributed by atoms with van der Waals surface area (Å²) < 4.78 is 0. The van der Waals surface area contributed by atoms with Gasteiger partial charge in [-0.15, -0.1) is 0 Å². The molecule has 16 heavy (non-hydrogen) atoms. The third-order valence-corrected chi connectivity index (χ3v) is 4.36. The first kappa shape index (κ1) is 13.8. The molecule has 1 amide bonds. The monoisotopic (exact) mass is 244 g/mol. The Morgan fingerprint density at radius 3 is 2.75 bits per heavy atom. The summed E-state index contributed by atoms with van der Waals surface area (Å²) in [6.07, 6.45) is 1.67. The molecule has 1 rings (SSSR count). The van der Waals surface area contributed by atoms with Gasteiger partial charge in [-0.3, -0.25) is 4.79 Å². The van der Waals surface area contributed by atoms with E-state index in [2.05, 4.69) is 26.1 Å². The molecule has 0 bridgehead atoms. The number of rotatable bonds is 4. The molecule has 1 aliphatic heterocycles. The second-order valence-electron chi connectivity index (χ2n) is 5.71. The summed E-state index contributed by atoms with van der Waals surface area (Å²) in [4.78, 5) is 11.7. The largest absolute Gasteiger partial charge is 0.356 e. The van der Waals surface area contributed by atoms with E-state index >= 15 is 0 Å². The predicted molar refractivity (Wildman–Crippen MR) is 70.5 cm³/mol. The van der Waals surface area contributed by atoms with E-state index in [0.717, 1.165) is 6.54 Å². The van der Waals surface area contributed by atoms with Crippen molar-refractivity contribution in [3.8, 4) is 0 Å². The summed E-state index contributed by atoms with van der Waals surface area (Å²) in [5, 5.41) is 3.00. The van der Waals surface area contributed by atoms with Gasteiger partial charge in [-0.25, -0.2) is 0 Å². The SMILES string of the molecule is CC(C)(C)C(N)CC(=O)NCC1CCSC1. The topological polar surface area (TPSA) is 55.1 Å². The highest BCUT2D eigenvalue weighted by Gasteiger charge is 2.23. The maximum Gasteiger partial charge on any atom is 0.221 e. The standard InChI is InChI=1S/C12H24N2OS/c1-12(2,3)10(13)6-11(15)14-7-9-4-5-16-8-9/h9-10H,4-8,13H2,1-3H3,(H,14,15). The molecule has 0 aromatic rings. The van der Waals surface area contributed by atoms with E-state index in [1.54, 1.807) is 0 Å². The number of amides is 1. The van der Waals surface area contributed by atoms with Crippen LogP contribution >= 0.6 is 11.8 Å². The van der Waals surface area contributed by atoms with Crippen LogP contribution in [0.3, 0.4) is 0 Å². The molecule has 3 nitrogen and oxygen atoms in total. The Bertz CT molecular complexity index is 232. The van der Waals surface area contributed by atoms with Gasteiger partial charge >= 0.3 is 0 Å². The lowest BCUT2D eigenvalue weighted by Crippen LogP contribution is -2.41. The van der Waals surface area contributed by atoms with Crippen molar-refractivity contribution in [3.63, 3.8) is 0 Å². The summed E-state index contributed by atoms with van der Waals surface area (Å²) in [6, 6.07) is -0.0644. The zero-order valence-corrected chi connectivity index (χ0v) is 11.4. The average molecular weight is 244 g/mol. The van der Waals surface area contributed by atoms with Gasteiger partial charge in [0, 0.05) is 19.0 Å². The van der Waals surface area contributed by atoms with Gasteiger partial charge in [-0.05, 0) is 29.3 Å². The first-order chi connectivity index (χ1) is 7.39. The number of nitrogens with two attached hydrogens (primary N) is 1. The molecule has 2 unspecified atom stereocenters. The van der Waals surface area contributed by atoms with Crippen LogP contribution in [0.4, 0.5) is 0 Å². The molecular weight excluding hydrogens is 220 g/mol. The van der Waals surface area contributed by atoms with Gasteiger partial charge < -0.3 is 11.1 Å². The van der Waals surface area contributed by atoms with Crippen LogP contribution in [-0.2, 0) is 4.79 Å². The summed E-state index contributed by atoms with van der Waals surface area (Å²) in [6.45, 7) is 7.03. The molecule has 0 radical (unpaired) electrons. The van der Waals surface area contributed by atoms with Crippen LogP contribution in [0.2, 0.25) is 0 Å². The van der Waals surface area contributed by atoms with Crippen LogP contribution in [0.1, 0.15) is 33.6 Å². The van der Waals surface area contributed by atoms with Crippen molar-refractivity contribution in [1.82, 2.24) is 5.32 Å². The molecule has 0 aromatic heterocycles. The van der Waals surface area contributed by atoms with Gasteiger partial charge in [0.1, 0.15) is 0 Å².